The number of nitrogens with zero attached hydrogens (tertiary/aromatic N) is 1. The molecule has 1 atom stereocenters. The van der Waals surface area contributed by atoms with Crippen LogP contribution in [-0.2, 0) is 4.74 Å². The molecule has 0 radical (unpaired) electrons. The Morgan fingerprint density at radius 3 is 2.65 bits per heavy atom. The van der Waals surface area contributed by atoms with Gasteiger partial charge in [-0.3, -0.25) is 0 Å². The van der Waals surface area contributed by atoms with Gasteiger partial charge in [-0.15, -0.1) is 0 Å². The van der Waals surface area contributed by atoms with Crippen molar-refractivity contribution in [2.75, 3.05) is 40.3 Å². The summed E-state index contributed by atoms with van der Waals surface area (Å²) in [5.74, 6) is 0. The average molecular weight is 258 g/mol. The van der Waals surface area contributed by atoms with E-state index in [0.717, 1.165) is 19.7 Å². The molecule has 1 heterocycles. The summed E-state index contributed by atoms with van der Waals surface area (Å²) in [4.78, 5) is 2.24. The summed E-state index contributed by atoms with van der Waals surface area (Å²) < 4.78 is 5.95. The van der Waals surface area contributed by atoms with Crippen LogP contribution in [0.2, 0.25) is 0 Å². The van der Waals surface area contributed by atoms with Crippen molar-refractivity contribution in [1.82, 2.24) is 10.2 Å². The Morgan fingerprint density at radius 2 is 2.00 bits per heavy atom. The number of rotatable bonds is 8. The normalized spacial score (nSPS) is 25.6. The molecule has 1 fully saturated rings. The van der Waals surface area contributed by atoms with Gasteiger partial charge in [-0.1, -0.05) is 0 Å². The maximum Gasteiger partial charge on any atom is 0.0486 e. The van der Waals surface area contributed by atoms with Gasteiger partial charge in [0.25, 0.3) is 0 Å². The number of nitrogens with one attached hydrogen (secondary N) is 1. The Balaban J connectivity index is 1.93. The van der Waals surface area contributed by atoms with Crippen LogP contribution in [0.5, 0.6) is 0 Å². The average Bonchev–Trinajstić information content (AvgIpc) is 2.28. The summed E-state index contributed by atoms with van der Waals surface area (Å²) >= 11 is 0. The van der Waals surface area contributed by atoms with E-state index in [9.17, 15) is 0 Å². The first kappa shape index (κ1) is 15.2. The summed E-state index contributed by atoms with van der Waals surface area (Å²) in [5, 5.41) is 3.84. The second-order valence-electron chi connectivity index (χ2n) is 5.77. The Hall–Kier alpha value is 0.0969. The van der Waals surface area contributed by atoms with Crippen LogP contribution in [0.1, 0.15) is 38.5 Å². The minimum Gasteiger partial charge on any atom is -0.380 e. The van der Waals surface area contributed by atoms with Gasteiger partial charge < -0.3 is 15.0 Å². The minimum absolute atomic E-state index is 0.309. The zero-order valence-corrected chi connectivity index (χ0v) is 13.9. The molecule has 17 heavy (non-hydrogen) atoms. The van der Waals surface area contributed by atoms with E-state index >= 15 is 0 Å². The maximum atomic E-state index is 5.95. The van der Waals surface area contributed by atoms with E-state index < -0.39 is 0 Å². The Labute approximate surface area is 110 Å². The van der Waals surface area contributed by atoms with Crippen LogP contribution in [-0.4, -0.2) is 60.7 Å². The van der Waals surface area contributed by atoms with Gasteiger partial charge in [-0.25, -0.2) is 0 Å². The molecule has 0 saturated carbocycles. The first-order chi connectivity index (χ1) is 8.12. The molecule has 0 amide bonds. The summed E-state index contributed by atoms with van der Waals surface area (Å²) in [6, 6.07) is 0. The third-order valence-electron chi connectivity index (χ3n) is 3.57. The molecule has 0 aromatic heterocycles. The Kier molecular flexibility index (Phi) is 7.35. The van der Waals surface area contributed by atoms with Crippen molar-refractivity contribution in [2.45, 2.75) is 43.7 Å². The predicted molar refractivity (Wildman–Crippen MR) is 77.7 cm³/mol. The van der Waals surface area contributed by atoms with Crippen molar-refractivity contribution in [3.05, 3.63) is 0 Å². The lowest BCUT2D eigenvalue weighted by molar-refractivity contribution is -0.0235. The second kappa shape index (κ2) is 8.24. The van der Waals surface area contributed by atoms with E-state index in [0.29, 0.717) is 5.22 Å². The van der Waals surface area contributed by atoms with Gasteiger partial charge in [0.15, 0.2) is 0 Å². The third kappa shape index (κ3) is 7.19. The smallest absolute Gasteiger partial charge is 0.0486 e. The van der Waals surface area contributed by atoms with Gasteiger partial charge in [0.2, 0.25) is 0 Å². The lowest BCUT2D eigenvalue weighted by Crippen LogP contribution is -2.37. The first-order valence-corrected chi connectivity index (χ1v) is 8.12. The highest BCUT2D eigenvalue weighted by Crippen LogP contribution is 2.25. The topological polar surface area (TPSA) is 24.5 Å². The molecule has 0 bridgehead atoms. The zero-order chi connectivity index (χ0) is 12.6. The van der Waals surface area contributed by atoms with Gasteiger partial charge in [-0.05, 0) is 72.3 Å². The summed E-state index contributed by atoms with van der Waals surface area (Å²) in [6.07, 6.45) is 7.73. The third-order valence-corrected chi connectivity index (χ3v) is 4.86. The molecule has 1 aliphatic heterocycles. The van der Waals surface area contributed by atoms with Crippen molar-refractivity contribution in [3.63, 3.8) is 0 Å². The molecule has 1 N–H and O–H groups in total. The molecule has 4 heteroatoms. The van der Waals surface area contributed by atoms with Crippen molar-refractivity contribution in [2.24, 2.45) is 0 Å². The molecule has 0 spiro atoms. The van der Waals surface area contributed by atoms with Crippen molar-refractivity contribution < 1.29 is 4.74 Å². The Morgan fingerprint density at radius 1 is 1.24 bits per heavy atom. The van der Waals surface area contributed by atoms with Gasteiger partial charge >= 0.3 is 0 Å². The van der Waals surface area contributed by atoms with E-state index in [1.54, 1.807) is 0 Å². The maximum absolute atomic E-state index is 5.95. The number of hydrogen-bond acceptors (Lipinski definition) is 3. The minimum atomic E-state index is 0.309. The van der Waals surface area contributed by atoms with Crippen molar-refractivity contribution >= 4 is 10.2 Å². The van der Waals surface area contributed by atoms with Gasteiger partial charge in [-0.2, -0.15) is 0 Å². The SMILES string of the molecule is CN(C)CCCNCCCC1([SiH3])CCCCO1. The highest BCUT2D eigenvalue weighted by atomic mass is 28.1. The van der Waals surface area contributed by atoms with E-state index in [4.69, 9.17) is 4.74 Å². The van der Waals surface area contributed by atoms with Crippen LogP contribution >= 0.6 is 0 Å². The molecule has 102 valence electrons. The van der Waals surface area contributed by atoms with Crippen molar-refractivity contribution in [3.8, 4) is 0 Å². The fraction of sp³-hybridized carbons (Fsp3) is 1.00. The monoisotopic (exact) mass is 258 g/mol. The highest BCUT2D eigenvalue weighted by molar-refractivity contribution is 6.14. The molecule has 1 unspecified atom stereocenters. The molecule has 0 aliphatic carbocycles. The van der Waals surface area contributed by atoms with E-state index in [2.05, 4.69) is 24.3 Å². The molecule has 0 aromatic rings. The Bertz CT molecular complexity index is 194. The van der Waals surface area contributed by atoms with Gasteiger partial charge in [0.05, 0.1) is 0 Å². The number of ether oxygens (including phenoxy) is 1. The fourth-order valence-electron chi connectivity index (χ4n) is 2.42. The van der Waals surface area contributed by atoms with Gasteiger partial charge in [0.1, 0.15) is 0 Å². The van der Waals surface area contributed by atoms with Crippen LogP contribution in [0.4, 0.5) is 0 Å². The van der Waals surface area contributed by atoms with Crippen LogP contribution in [0.3, 0.4) is 0 Å². The molecule has 0 aromatic carbocycles. The second-order valence-corrected chi connectivity index (χ2v) is 7.59. The summed E-state index contributed by atoms with van der Waals surface area (Å²) in [5.41, 5.74) is 0. The van der Waals surface area contributed by atoms with Gasteiger partial charge in [0, 0.05) is 22.1 Å². The van der Waals surface area contributed by atoms with Crippen LogP contribution in [0.25, 0.3) is 0 Å². The molecular weight excluding hydrogens is 228 g/mol. The van der Waals surface area contributed by atoms with E-state index in [-0.39, 0.29) is 0 Å². The summed E-state index contributed by atoms with van der Waals surface area (Å²) in [7, 11) is 5.45. The molecule has 1 aliphatic rings. The van der Waals surface area contributed by atoms with E-state index in [1.165, 1.54) is 55.3 Å². The largest absolute Gasteiger partial charge is 0.380 e. The molecule has 3 nitrogen and oxygen atoms in total. The zero-order valence-electron chi connectivity index (χ0n) is 11.9. The molecule has 1 rings (SSSR count). The van der Waals surface area contributed by atoms with Crippen LogP contribution in [0.15, 0.2) is 0 Å². The lowest BCUT2D eigenvalue weighted by Gasteiger charge is -2.34. The predicted octanol–water partition coefficient (Wildman–Crippen LogP) is 0.570. The number of hydrogen-bond donors (Lipinski definition) is 1. The van der Waals surface area contributed by atoms with Crippen LogP contribution < -0.4 is 5.32 Å². The molecular formula is C13H30N2OSi. The standard InChI is InChI=1S/C13H30N2OSi/c1-15(2)11-6-10-14-9-5-8-13(17)7-3-4-12-16-13/h14H,3-12H2,1-2,17H3. The summed E-state index contributed by atoms with van der Waals surface area (Å²) in [6.45, 7) is 4.48. The van der Waals surface area contributed by atoms with E-state index in [1.807, 2.05) is 0 Å². The lowest BCUT2D eigenvalue weighted by atomic mass is 10.0. The van der Waals surface area contributed by atoms with Crippen LogP contribution in [0, 0.1) is 0 Å². The highest BCUT2D eigenvalue weighted by Gasteiger charge is 2.26. The fourth-order valence-corrected chi connectivity index (χ4v) is 3.33. The first-order valence-electron chi connectivity index (χ1n) is 7.12. The van der Waals surface area contributed by atoms with Crippen molar-refractivity contribution in [1.29, 1.82) is 0 Å². The molecule has 1 saturated heterocycles. The quantitative estimate of drug-likeness (QED) is 0.509.